The van der Waals surface area contributed by atoms with Crippen LogP contribution in [-0.2, 0) is 6.61 Å². The van der Waals surface area contributed by atoms with Crippen molar-refractivity contribution >= 4 is 29.1 Å². The molecule has 0 heterocycles. The maximum atomic E-state index is 12.3. The van der Waals surface area contributed by atoms with Gasteiger partial charge in [-0.05, 0) is 61.4 Å². The molecule has 0 aromatic heterocycles. The summed E-state index contributed by atoms with van der Waals surface area (Å²) in [5.41, 5.74) is 6.44. The van der Waals surface area contributed by atoms with Crippen LogP contribution in [0.5, 0.6) is 5.75 Å². The number of hydrogen-bond donors (Lipinski definition) is 2. The van der Waals surface area contributed by atoms with Crippen LogP contribution in [0.4, 0.5) is 5.69 Å². The molecule has 0 atom stereocenters. The fraction of sp³-hybridized carbons (Fsp3) is 0.130. The first kappa shape index (κ1) is 22.8. The van der Waals surface area contributed by atoms with Crippen LogP contribution >= 0.6 is 11.6 Å². The minimum absolute atomic E-state index is 0.139. The average molecular weight is 454 g/mol. The summed E-state index contributed by atoms with van der Waals surface area (Å²) in [5, 5.41) is 11.9. The van der Waals surface area contributed by atoms with Crippen LogP contribution < -0.4 is 15.6 Å². The Balaban J connectivity index is 1.58. The Morgan fingerprint density at radius 2 is 1.66 bits per heavy atom. The zero-order chi connectivity index (χ0) is 23.3. The molecule has 0 radical (unpaired) electrons. The number of nitro benzene ring substituents is 1. The lowest BCUT2D eigenvalue weighted by Crippen LogP contribution is -2.41. The predicted octanol–water partition coefficient (Wildman–Crippen LogP) is 4.52. The third kappa shape index (κ3) is 5.41. The summed E-state index contributed by atoms with van der Waals surface area (Å²) in [6, 6.07) is 16.4. The van der Waals surface area contributed by atoms with Crippen LogP contribution in [0.2, 0.25) is 5.02 Å². The minimum Gasteiger partial charge on any atom is -0.489 e. The van der Waals surface area contributed by atoms with Gasteiger partial charge in [-0.15, -0.1) is 0 Å². The highest BCUT2D eigenvalue weighted by molar-refractivity contribution is 6.31. The van der Waals surface area contributed by atoms with Crippen LogP contribution in [0.1, 0.15) is 37.4 Å². The number of aryl methyl sites for hydroxylation is 2. The van der Waals surface area contributed by atoms with Crippen LogP contribution in [0, 0.1) is 24.0 Å². The maximum absolute atomic E-state index is 12.3. The molecular weight excluding hydrogens is 434 g/mol. The summed E-state index contributed by atoms with van der Waals surface area (Å²) >= 11 is 6.00. The van der Waals surface area contributed by atoms with Crippen LogP contribution in [0.3, 0.4) is 0 Å². The lowest BCUT2D eigenvalue weighted by Gasteiger charge is -2.10. The van der Waals surface area contributed by atoms with Gasteiger partial charge in [-0.3, -0.25) is 30.6 Å². The van der Waals surface area contributed by atoms with Gasteiger partial charge in [0.25, 0.3) is 17.5 Å². The highest BCUT2D eigenvalue weighted by atomic mass is 35.5. The van der Waals surface area contributed by atoms with Crippen LogP contribution in [0.15, 0.2) is 60.7 Å². The molecule has 0 saturated carbocycles. The standard InChI is InChI=1S/C23H20ClN3O5/c1-14-4-3-5-19(21(14)27(30)31)23(29)26-25-22(28)17-8-6-16(7-9-17)13-32-18-10-11-20(24)15(2)12-18/h3-12H,13H2,1-2H3,(H,25,28)(H,26,29). The predicted molar refractivity (Wildman–Crippen MR) is 120 cm³/mol. The van der Waals surface area contributed by atoms with Gasteiger partial charge in [-0.1, -0.05) is 35.9 Å². The molecule has 3 aromatic carbocycles. The van der Waals surface area contributed by atoms with E-state index in [0.29, 0.717) is 28.5 Å². The number of benzene rings is 3. The molecule has 164 valence electrons. The zero-order valence-corrected chi connectivity index (χ0v) is 18.1. The van der Waals surface area contributed by atoms with Crippen molar-refractivity contribution in [3.8, 4) is 5.75 Å². The molecule has 3 rings (SSSR count). The van der Waals surface area contributed by atoms with Gasteiger partial charge < -0.3 is 4.74 Å². The molecule has 2 amide bonds. The van der Waals surface area contributed by atoms with Crippen LogP contribution in [0.25, 0.3) is 0 Å². The molecule has 0 aliphatic heterocycles. The van der Waals surface area contributed by atoms with E-state index in [4.69, 9.17) is 16.3 Å². The highest BCUT2D eigenvalue weighted by Crippen LogP contribution is 2.23. The van der Waals surface area contributed by atoms with Gasteiger partial charge in [0.1, 0.15) is 17.9 Å². The van der Waals surface area contributed by atoms with Gasteiger partial charge >= 0.3 is 0 Å². The van der Waals surface area contributed by atoms with Gasteiger partial charge in [0.15, 0.2) is 0 Å². The van der Waals surface area contributed by atoms with Crippen molar-refractivity contribution in [3.63, 3.8) is 0 Å². The van der Waals surface area contributed by atoms with Gasteiger partial charge in [-0.25, -0.2) is 0 Å². The summed E-state index contributed by atoms with van der Waals surface area (Å²) < 4.78 is 5.73. The van der Waals surface area contributed by atoms with E-state index in [0.717, 1.165) is 11.1 Å². The average Bonchev–Trinajstić information content (AvgIpc) is 2.78. The van der Waals surface area contributed by atoms with Gasteiger partial charge in [-0.2, -0.15) is 0 Å². The van der Waals surface area contributed by atoms with Gasteiger partial charge in [0.05, 0.1) is 4.92 Å². The number of nitro groups is 1. The van der Waals surface area contributed by atoms with E-state index in [1.54, 1.807) is 36.4 Å². The Morgan fingerprint density at radius 1 is 0.969 bits per heavy atom. The smallest absolute Gasteiger partial charge is 0.285 e. The Kier molecular flexibility index (Phi) is 7.07. The van der Waals surface area contributed by atoms with Crippen molar-refractivity contribution in [2.75, 3.05) is 0 Å². The van der Waals surface area contributed by atoms with E-state index < -0.39 is 16.7 Å². The molecule has 32 heavy (non-hydrogen) atoms. The van der Waals surface area contributed by atoms with Crippen molar-refractivity contribution in [1.82, 2.24) is 10.9 Å². The third-order valence-electron chi connectivity index (χ3n) is 4.71. The summed E-state index contributed by atoms with van der Waals surface area (Å²) in [6.07, 6.45) is 0. The first-order chi connectivity index (χ1) is 15.3. The molecule has 8 nitrogen and oxygen atoms in total. The van der Waals surface area contributed by atoms with Gasteiger partial charge in [0.2, 0.25) is 0 Å². The van der Waals surface area contributed by atoms with Crippen molar-refractivity contribution in [1.29, 1.82) is 0 Å². The number of amides is 2. The lowest BCUT2D eigenvalue weighted by atomic mass is 10.1. The number of hydrogen-bond acceptors (Lipinski definition) is 5. The lowest BCUT2D eigenvalue weighted by molar-refractivity contribution is -0.385. The second-order valence-corrected chi connectivity index (χ2v) is 7.44. The molecular formula is C23H20ClN3O5. The molecule has 3 aromatic rings. The molecule has 0 aliphatic rings. The van der Waals surface area contributed by atoms with Gasteiger partial charge in [0, 0.05) is 16.1 Å². The van der Waals surface area contributed by atoms with E-state index in [9.17, 15) is 19.7 Å². The monoisotopic (exact) mass is 453 g/mol. The number of nitrogens with one attached hydrogen (secondary N) is 2. The fourth-order valence-corrected chi connectivity index (χ4v) is 3.08. The largest absolute Gasteiger partial charge is 0.489 e. The quantitative estimate of drug-likeness (QED) is 0.421. The molecule has 0 bridgehead atoms. The number of carbonyl (C=O) groups excluding carboxylic acids is 2. The van der Waals surface area contributed by atoms with Crippen molar-refractivity contribution < 1.29 is 19.2 Å². The Labute approximate surface area is 189 Å². The molecule has 0 spiro atoms. The summed E-state index contributed by atoms with van der Waals surface area (Å²) in [5.74, 6) is -0.659. The Hall–Kier alpha value is -3.91. The van der Waals surface area contributed by atoms with E-state index >= 15 is 0 Å². The number of halogens is 1. The molecule has 0 aliphatic carbocycles. The Bertz CT molecular complexity index is 1180. The molecule has 9 heteroatoms. The number of nitrogens with zero attached hydrogens (tertiary/aromatic N) is 1. The van der Waals surface area contributed by atoms with Crippen molar-refractivity contribution in [2.24, 2.45) is 0 Å². The van der Waals surface area contributed by atoms with Crippen LogP contribution in [-0.4, -0.2) is 16.7 Å². The molecule has 0 fully saturated rings. The number of rotatable bonds is 6. The number of hydrazine groups is 1. The fourth-order valence-electron chi connectivity index (χ4n) is 2.96. The first-order valence-corrected chi connectivity index (χ1v) is 9.96. The normalized spacial score (nSPS) is 10.3. The summed E-state index contributed by atoms with van der Waals surface area (Å²) in [7, 11) is 0. The highest BCUT2D eigenvalue weighted by Gasteiger charge is 2.22. The summed E-state index contributed by atoms with van der Waals surface area (Å²) in [6.45, 7) is 3.72. The molecule has 0 unspecified atom stereocenters. The third-order valence-corrected chi connectivity index (χ3v) is 5.13. The number of ether oxygens (including phenoxy) is 1. The minimum atomic E-state index is -0.781. The first-order valence-electron chi connectivity index (χ1n) is 9.59. The second-order valence-electron chi connectivity index (χ2n) is 7.03. The maximum Gasteiger partial charge on any atom is 0.285 e. The summed E-state index contributed by atoms with van der Waals surface area (Å²) in [4.78, 5) is 35.3. The topological polar surface area (TPSA) is 111 Å². The Morgan fingerprint density at radius 3 is 2.31 bits per heavy atom. The number of carbonyl (C=O) groups is 2. The SMILES string of the molecule is Cc1cc(OCc2ccc(C(=O)NNC(=O)c3cccc(C)c3[N+](=O)[O-])cc2)ccc1Cl. The molecule has 2 N–H and O–H groups in total. The van der Waals surface area contributed by atoms with Crippen molar-refractivity contribution in [2.45, 2.75) is 20.5 Å². The van der Waals surface area contributed by atoms with E-state index in [1.807, 2.05) is 13.0 Å². The number of para-hydroxylation sites is 1. The second kappa shape index (κ2) is 9.93. The van der Waals surface area contributed by atoms with Crippen molar-refractivity contribution in [3.05, 3.63) is 104 Å². The van der Waals surface area contributed by atoms with E-state index in [-0.39, 0.29) is 11.3 Å². The zero-order valence-electron chi connectivity index (χ0n) is 17.3. The molecule has 0 saturated heterocycles. The van der Waals surface area contributed by atoms with E-state index in [2.05, 4.69) is 10.9 Å². The van der Waals surface area contributed by atoms with E-state index in [1.165, 1.54) is 25.1 Å².